The Balaban J connectivity index is 2.00. The van der Waals surface area contributed by atoms with E-state index in [-0.39, 0.29) is 24.2 Å². The standard InChI is InChI=1S/C13H19N3O2/c1-8-3-4-12(18-8)13(17)16-10-5-6-15-11(7-10)9(2)14/h5-9,12H,3-4,14H2,1-2H3,(H,15,16,17). The van der Waals surface area contributed by atoms with Crippen LogP contribution in [0, 0.1) is 0 Å². The summed E-state index contributed by atoms with van der Waals surface area (Å²) < 4.78 is 5.52. The summed E-state index contributed by atoms with van der Waals surface area (Å²) in [7, 11) is 0. The van der Waals surface area contributed by atoms with Gasteiger partial charge in [-0.1, -0.05) is 0 Å². The molecule has 0 radical (unpaired) electrons. The van der Waals surface area contributed by atoms with Crippen LogP contribution in [-0.2, 0) is 9.53 Å². The average Bonchev–Trinajstić information content (AvgIpc) is 2.76. The van der Waals surface area contributed by atoms with Gasteiger partial charge < -0.3 is 15.8 Å². The van der Waals surface area contributed by atoms with E-state index in [1.807, 2.05) is 13.8 Å². The zero-order valence-electron chi connectivity index (χ0n) is 10.7. The first-order valence-electron chi connectivity index (χ1n) is 6.24. The Kier molecular flexibility index (Phi) is 3.93. The van der Waals surface area contributed by atoms with E-state index < -0.39 is 0 Å². The van der Waals surface area contributed by atoms with Crippen molar-refractivity contribution < 1.29 is 9.53 Å². The van der Waals surface area contributed by atoms with Crippen LogP contribution >= 0.6 is 0 Å². The smallest absolute Gasteiger partial charge is 0.253 e. The van der Waals surface area contributed by atoms with Crippen molar-refractivity contribution >= 4 is 11.6 Å². The normalized spacial score (nSPS) is 24.8. The van der Waals surface area contributed by atoms with Gasteiger partial charge in [-0.05, 0) is 38.8 Å². The summed E-state index contributed by atoms with van der Waals surface area (Å²) in [6.07, 6.45) is 3.18. The van der Waals surface area contributed by atoms with Crippen LogP contribution in [0.25, 0.3) is 0 Å². The van der Waals surface area contributed by atoms with Crippen molar-refractivity contribution in [1.82, 2.24) is 4.98 Å². The summed E-state index contributed by atoms with van der Waals surface area (Å²) in [4.78, 5) is 16.1. The fraction of sp³-hybridized carbons (Fsp3) is 0.538. The van der Waals surface area contributed by atoms with E-state index in [1.54, 1.807) is 18.3 Å². The van der Waals surface area contributed by atoms with Gasteiger partial charge in [-0.3, -0.25) is 9.78 Å². The van der Waals surface area contributed by atoms with E-state index in [2.05, 4.69) is 10.3 Å². The molecule has 18 heavy (non-hydrogen) atoms. The molecule has 1 fully saturated rings. The van der Waals surface area contributed by atoms with Crippen molar-refractivity contribution in [2.24, 2.45) is 5.73 Å². The maximum atomic E-state index is 12.0. The summed E-state index contributed by atoms with van der Waals surface area (Å²) in [5.74, 6) is -0.0961. The second kappa shape index (κ2) is 5.46. The highest BCUT2D eigenvalue weighted by molar-refractivity contribution is 5.94. The maximum absolute atomic E-state index is 12.0. The minimum atomic E-state index is -0.341. The van der Waals surface area contributed by atoms with Gasteiger partial charge in [0.25, 0.3) is 5.91 Å². The van der Waals surface area contributed by atoms with Crippen LogP contribution in [0.4, 0.5) is 5.69 Å². The highest BCUT2D eigenvalue weighted by atomic mass is 16.5. The molecule has 1 aromatic heterocycles. The Morgan fingerprint density at radius 3 is 3.00 bits per heavy atom. The van der Waals surface area contributed by atoms with E-state index in [0.717, 1.165) is 18.5 Å². The van der Waals surface area contributed by atoms with E-state index in [0.29, 0.717) is 5.69 Å². The fourth-order valence-electron chi connectivity index (χ4n) is 1.99. The van der Waals surface area contributed by atoms with Gasteiger partial charge in [-0.15, -0.1) is 0 Å². The Hall–Kier alpha value is -1.46. The Morgan fingerprint density at radius 1 is 1.61 bits per heavy atom. The van der Waals surface area contributed by atoms with Crippen molar-refractivity contribution in [2.45, 2.75) is 44.9 Å². The van der Waals surface area contributed by atoms with Crippen LogP contribution in [0.1, 0.15) is 38.4 Å². The number of hydrogen-bond acceptors (Lipinski definition) is 4. The van der Waals surface area contributed by atoms with Gasteiger partial charge >= 0.3 is 0 Å². The molecule has 0 spiro atoms. The highest BCUT2D eigenvalue weighted by Gasteiger charge is 2.28. The summed E-state index contributed by atoms with van der Waals surface area (Å²) in [5.41, 5.74) is 7.23. The molecule has 98 valence electrons. The number of nitrogens with zero attached hydrogens (tertiary/aromatic N) is 1. The predicted molar refractivity (Wildman–Crippen MR) is 69.0 cm³/mol. The lowest BCUT2D eigenvalue weighted by atomic mass is 10.2. The number of pyridine rings is 1. The van der Waals surface area contributed by atoms with Gasteiger partial charge in [-0.25, -0.2) is 0 Å². The van der Waals surface area contributed by atoms with Gasteiger partial charge in [-0.2, -0.15) is 0 Å². The molecular formula is C13H19N3O2. The number of ether oxygens (including phenoxy) is 1. The van der Waals surface area contributed by atoms with Gasteiger partial charge in [0.05, 0.1) is 11.8 Å². The number of carbonyl (C=O) groups is 1. The molecule has 0 saturated carbocycles. The number of amides is 1. The molecule has 1 saturated heterocycles. The van der Waals surface area contributed by atoms with Crippen molar-refractivity contribution in [2.75, 3.05) is 5.32 Å². The number of rotatable bonds is 3. The van der Waals surface area contributed by atoms with E-state index in [9.17, 15) is 4.79 Å². The first-order chi connectivity index (χ1) is 8.56. The second-order valence-electron chi connectivity index (χ2n) is 4.76. The minimum Gasteiger partial charge on any atom is -0.365 e. The second-order valence-corrected chi connectivity index (χ2v) is 4.76. The monoisotopic (exact) mass is 249 g/mol. The first-order valence-corrected chi connectivity index (χ1v) is 6.24. The van der Waals surface area contributed by atoms with Crippen LogP contribution in [0.15, 0.2) is 18.3 Å². The largest absolute Gasteiger partial charge is 0.365 e. The minimum absolute atomic E-state index is 0.0961. The Bertz CT molecular complexity index is 434. The summed E-state index contributed by atoms with van der Waals surface area (Å²) in [5, 5.41) is 2.84. The molecule has 5 heteroatoms. The quantitative estimate of drug-likeness (QED) is 0.853. The molecule has 1 amide bonds. The third-order valence-corrected chi connectivity index (χ3v) is 3.04. The van der Waals surface area contributed by atoms with Crippen molar-refractivity contribution in [3.63, 3.8) is 0 Å². The average molecular weight is 249 g/mol. The topological polar surface area (TPSA) is 77.2 Å². The molecule has 3 atom stereocenters. The van der Waals surface area contributed by atoms with E-state index >= 15 is 0 Å². The van der Waals surface area contributed by atoms with Crippen molar-refractivity contribution in [3.8, 4) is 0 Å². The third kappa shape index (κ3) is 3.05. The lowest BCUT2D eigenvalue weighted by Crippen LogP contribution is -2.27. The Morgan fingerprint density at radius 2 is 2.39 bits per heavy atom. The Labute approximate surface area is 107 Å². The maximum Gasteiger partial charge on any atom is 0.253 e. The van der Waals surface area contributed by atoms with Crippen LogP contribution < -0.4 is 11.1 Å². The molecule has 0 aliphatic carbocycles. The first kappa shape index (κ1) is 13.0. The summed E-state index contributed by atoms with van der Waals surface area (Å²) in [6.45, 7) is 3.84. The summed E-state index contributed by atoms with van der Waals surface area (Å²) >= 11 is 0. The van der Waals surface area contributed by atoms with Crippen molar-refractivity contribution in [3.05, 3.63) is 24.0 Å². The predicted octanol–water partition coefficient (Wildman–Crippen LogP) is 1.61. The third-order valence-electron chi connectivity index (χ3n) is 3.04. The molecule has 5 nitrogen and oxygen atoms in total. The molecule has 1 aliphatic heterocycles. The zero-order chi connectivity index (χ0) is 13.1. The lowest BCUT2D eigenvalue weighted by Gasteiger charge is -2.12. The molecule has 3 N–H and O–H groups in total. The van der Waals surface area contributed by atoms with E-state index in [1.165, 1.54) is 0 Å². The van der Waals surface area contributed by atoms with E-state index in [4.69, 9.17) is 10.5 Å². The van der Waals surface area contributed by atoms with Crippen LogP contribution in [0.5, 0.6) is 0 Å². The fourth-order valence-corrected chi connectivity index (χ4v) is 1.99. The SMILES string of the molecule is CC1CCC(C(=O)Nc2ccnc(C(C)N)c2)O1. The number of nitrogens with two attached hydrogens (primary N) is 1. The number of carbonyl (C=O) groups excluding carboxylic acids is 1. The van der Waals surface area contributed by atoms with Crippen LogP contribution in [0.2, 0.25) is 0 Å². The van der Waals surface area contributed by atoms with Gasteiger partial charge in [0.2, 0.25) is 0 Å². The molecular weight excluding hydrogens is 230 g/mol. The molecule has 0 bridgehead atoms. The molecule has 0 aromatic carbocycles. The molecule has 1 aliphatic rings. The number of anilines is 1. The number of hydrogen-bond donors (Lipinski definition) is 2. The molecule has 2 heterocycles. The van der Waals surface area contributed by atoms with Gasteiger partial charge in [0, 0.05) is 17.9 Å². The number of nitrogens with one attached hydrogen (secondary N) is 1. The molecule has 3 unspecified atom stereocenters. The van der Waals surface area contributed by atoms with Gasteiger partial charge in [0.15, 0.2) is 0 Å². The highest BCUT2D eigenvalue weighted by Crippen LogP contribution is 2.21. The van der Waals surface area contributed by atoms with Crippen molar-refractivity contribution in [1.29, 1.82) is 0 Å². The lowest BCUT2D eigenvalue weighted by molar-refractivity contribution is -0.126. The zero-order valence-corrected chi connectivity index (χ0v) is 10.7. The van der Waals surface area contributed by atoms with Gasteiger partial charge in [0.1, 0.15) is 6.10 Å². The number of aromatic nitrogens is 1. The molecule has 2 rings (SSSR count). The van der Waals surface area contributed by atoms with Crippen LogP contribution in [0.3, 0.4) is 0 Å². The molecule has 1 aromatic rings. The summed E-state index contributed by atoms with van der Waals surface area (Å²) in [6, 6.07) is 3.40. The van der Waals surface area contributed by atoms with Crippen LogP contribution in [-0.4, -0.2) is 23.1 Å².